The summed E-state index contributed by atoms with van der Waals surface area (Å²) in [6, 6.07) is 10.8. The molecule has 0 bridgehead atoms. The van der Waals surface area contributed by atoms with E-state index in [0.29, 0.717) is 11.1 Å². The Morgan fingerprint density at radius 2 is 1.50 bits per heavy atom. The van der Waals surface area contributed by atoms with Crippen molar-refractivity contribution < 1.29 is 33.0 Å². The summed E-state index contributed by atoms with van der Waals surface area (Å²) in [7, 11) is 2.65. The summed E-state index contributed by atoms with van der Waals surface area (Å²) in [4.78, 5) is 27.6. The minimum Gasteiger partial charge on any atom is -0.507 e. The molecule has 0 radical (unpaired) electrons. The zero-order valence-electron chi connectivity index (χ0n) is 19.0. The molecule has 3 aromatic rings. The minimum absolute atomic E-state index is 0.0296. The number of aliphatic hydroxyl groups is 1. The maximum Gasteiger partial charge on any atom is 0.295 e. The first-order valence-corrected chi connectivity index (χ1v) is 11.3. The maximum atomic E-state index is 13.7. The molecule has 0 aliphatic carbocycles. The fourth-order valence-electron chi connectivity index (χ4n) is 4.11. The van der Waals surface area contributed by atoms with Gasteiger partial charge in [-0.1, -0.05) is 47.5 Å². The van der Waals surface area contributed by atoms with Gasteiger partial charge in [0.2, 0.25) is 0 Å². The molecule has 1 saturated heterocycles. The van der Waals surface area contributed by atoms with Crippen LogP contribution in [0.5, 0.6) is 11.5 Å². The Hall–Kier alpha value is -3.62. The van der Waals surface area contributed by atoms with Gasteiger partial charge in [0.05, 0.1) is 36.4 Å². The maximum absolute atomic E-state index is 13.7. The van der Waals surface area contributed by atoms with Gasteiger partial charge in [-0.05, 0) is 41.5 Å². The lowest BCUT2D eigenvalue weighted by atomic mass is 9.94. The number of Topliss-reactive ketones (excluding diaryl/α,β-unsaturated/α-hetero) is 1. The molecule has 4 rings (SSSR count). The molecule has 0 saturated carbocycles. The number of aliphatic hydroxyl groups excluding tert-OH is 1. The van der Waals surface area contributed by atoms with Crippen molar-refractivity contribution in [1.29, 1.82) is 0 Å². The predicted octanol–water partition coefficient (Wildman–Crippen LogP) is 5.91. The molecule has 1 fully saturated rings. The standard InChI is InChI=1S/C26H19Cl2F2NO5/c1-35-24-17(11-18(27)25(36-2)20(24)28)22(32)19-21(14-5-9-16(30)10-6-14)31(26(34)23(19)33)12-13-3-7-15(29)8-4-13/h3-11,21,32H,12H2,1-2H3/b22-19+. The Kier molecular flexibility index (Phi) is 7.19. The number of hydrogen-bond donors (Lipinski definition) is 1. The van der Waals surface area contributed by atoms with Gasteiger partial charge in [0.1, 0.15) is 22.4 Å². The van der Waals surface area contributed by atoms with Crippen LogP contribution in [0.4, 0.5) is 8.78 Å². The average Bonchev–Trinajstić information content (AvgIpc) is 3.10. The molecule has 1 aliphatic rings. The number of carbonyl (C=O) groups excluding carboxylic acids is 2. The highest BCUT2D eigenvalue weighted by molar-refractivity contribution is 6.47. The summed E-state index contributed by atoms with van der Waals surface area (Å²) >= 11 is 12.6. The largest absolute Gasteiger partial charge is 0.507 e. The van der Waals surface area contributed by atoms with Crippen molar-refractivity contribution >= 4 is 40.7 Å². The lowest BCUT2D eigenvalue weighted by molar-refractivity contribution is -0.140. The molecule has 36 heavy (non-hydrogen) atoms. The fraction of sp³-hybridized carbons (Fsp3) is 0.154. The number of halogens is 4. The van der Waals surface area contributed by atoms with Crippen LogP contribution >= 0.6 is 23.2 Å². The van der Waals surface area contributed by atoms with Gasteiger partial charge in [-0.3, -0.25) is 9.59 Å². The van der Waals surface area contributed by atoms with E-state index < -0.39 is 35.1 Å². The van der Waals surface area contributed by atoms with E-state index in [0.717, 1.165) is 0 Å². The summed E-state index contributed by atoms with van der Waals surface area (Å²) in [5, 5.41) is 11.3. The summed E-state index contributed by atoms with van der Waals surface area (Å²) in [6.07, 6.45) is 0. The van der Waals surface area contributed by atoms with Crippen molar-refractivity contribution in [3.63, 3.8) is 0 Å². The van der Waals surface area contributed by atoms with E-state index in [1.165, 1.54) is 73.7 Å². The first-order chi connectivity index (χ1) is 17.2. The molecule has 1 N–H and O–H groups in total. The third-order valence-corrected chi connectivity index (χ3v) is 6.41. The molecule has 0 spiro atoms. The number of nitrogens with zero attached hydrogens (tertiary/aromatic N) is 1. The smallest absolute Gasteiger partial charge is 0.295 e. The number of hydrogen-bond acceptors (Lipinski definition) is 5. The highest BCUT2D eigenvalue weighted by atomic mass is 35.5. The molecule has 1 heterocycles. The number of benzene rings is 3. The van der Waals surface area contributed by atoms with Crippen LogP contribution in [0.25, 0.3) is 5.76 Å². The Balaban J connectivity index is 1.93. The topological polar surface area (TPSA) is 76.1 Å². The molecule has 1 atom stereocenters. The number of likely N-dealkylation sites (tertiary alicyclic amines) is 1. The van der Waals surface area contributed by atoms with E-state index in [4.69, 9.17) is 32.7 Å². The van der Waals surface area contributed by atoms with Gasteiger partial charge < -0.3 is 19.5 Å². The summed E-state index contributed by atoms with van der Waals surface area (Å²) in [5.74, 6) is -3.39. The molecule has 1 aliphatic heterocycles. The van der Waals surface area contributed by atoms with Crippen molar-refractivity contribution in [2.75, 3.05) is 14.2 Å². The van der Waals surface area contributed by atoms with Gasteiger partial charge in [-0.2, -0.15) is 0 Å². The van der Waals surface area contributed by atoms with Crippen LogP contribution < -0.4 is 9.47 Å². The van der Waals surface area contributed by atoms with Crippen molar-refractivity contribution in [3.05, 3.63) is 98.5 Å². The highest BCUT2D eigenvalue weighted by Gasteiger charge is 2.46. The van der Waals surface area contributed by atoms with Crippen LogP contribution in [0.2, 0.25) is 10.0 Å². The normalized spacial score (nSPS) is 16.9. The molecular weight excluding hydrogens is 515 g/mol. The van der Waals surface area contributed by atoms with E-state index in [2.05, 4.69) is 0 Å². The molecule has 1 amide bonds. The van der Waals surface area contributed by atoms with Crippen LogP contribution in [0, 0.1) is 11.6 Å². The molecule has 6 nitrogen and oxygen atoms in total. The molecule has 3 aromatic carbocycles. The first kappa shape index (κ1) is 25.5. The Labute approximate surface area is 215 Å². The third-order valence-electron chi connectivity index (χ3n) is 5.79. The van der Waals surface area contributed by atoms with E-state index in [-0.39, 0.29) is 39.2 Å². The van der Waals surface area contributed by atoms with Crippen LogP contribution in [0.15, 0.2) is 60.2 Å². The zero-order chi connectivity index (χ0) is 26.1. The van der Waals surface area contributed by atoms with Gasteiger partial charge in [-0.15, -0.1) is 0 Å². The number of methoxy groups -OCH3 is 2. The number of ether oxygens (including phenoxy) is 2. The Morgan fingerprint density at radius 3 is 2.06 bits per heavy atom. The average molecular weight is 534 g/mol. The Bertz CT molecular complexity index is 1370. The molecule has 1 unspecified atom stereocenters. The number of ketones is 1. The zero-order valence-corrected chi connectivity index (χ0v) is 20.5. The van der Waals surface area contributed by atoms with Crippen molar-refractivity contribution in [1.82, 2.24) is 4.90 Å². The van der Waals surface area contributed by atoms with Gasteiger partial charge >= 0.3 is 0 Å². The predicted molar refractivity (Wildman–Crippen MR) is 130 cm³/mol. The van der Waals surface area contributed by atoms with Crippen LogP contribution in [-0.4, -0.2) is 35.9 Å². The van der Waals surface area contributed by atoms with E-state index >= 15 is 0 Å². The second-order valence-corrected chi connectivity index (χ2v) is 8.68. The van der Waals surface area contributed by atoms with Gasteiger partial charge in [-0.25, -0.2) is 8.78 Å². The monoisotopic (exact) mass is 533 g/mol. The van der Waals surface area contributed by atoms with Crippen LogP contribution in [0.1, 0.15) is 22.7 Å². The lowest BCUT2D eigenvalue weighted by Gasteiger charge is -2.25. The second kappa shape index (κ2) is 10.2. The molecule has 10 heteroatoms. The van der Waals surface area contributed by atoms with E-state index in [1.54, 1.807) is 0 Å². The number of carbonyl (C=O) groups is 2. The molecule has 186 valence electrons. The van der Waals surface area contributed by atoms with Gasteiger partial charge in [0.15, 0.2) is 11.5 Å². The summed E-state index contributed by atoms with van der Waals surface area (Å²) in [6.45, 7) is -0.0784. The summed E-state index contributed by atoms with van der Waals surface area (Å²) < 4.78 is 37.6. The molecule has 0 aromatic heterocycles. The van der Waals surface area contributed by atoms with Gasteiger partial charge in [0.25, 0.3) is 11.7 Å². The van der Waals surface area contributed by atoms with Crippen molar-refractivity contribution in [2.45, 2.75) is 12.6 Å². The van der Waals surface area contributed by atoms with E-state index in [1.807, 2.05) is 0 Å². The summed E-state index contributed by atoms with van der Waals surface area (Å²) in [5.41, 5.74) is 0.590. The lowest BCUT2D eigenvalue weighted by Crippen LogP contribution is -2.29. The van der Waals surface area contributed by atoms with E-state index in [9.17, 15) is 23.5 Å². The quantitative estimate of drug-likeness (QED) is 0.242. The minimum atomic E-state index is -1.10. The molecular formula is C26H19Cl2F2NO5. The SMILES string of the molecule is COc1c(Cl)cc(/C(O)=C2\C(=O)C(=O)N(Cc3ccc(F)cc3)C2c2ccc(F)cc2)c(OC)c1Cl. The van der Waals surface area contributed by atoms with Gasteiger partial charge in [0, 0.05) is 6.54 Å². The fourth-order valence-corrected chi connectivity index (χ4v) is 4.80. The highest BCUT2D eigenvalue weighted by Crippen LogP contribution is 2.47. The van der Waals surface area contributed by atoms with Crippen LogP contribution in [-0.2, 0) is 16.1 Å². The first-order valence-electron chi connectivity index (χ1n) is 10.6. The van der Waals surface area contributed by atoms with Crippen LogP contribution in [0.3, 0.4) is 0 Å². The second-order valence-electron chi connectivity index (χ2n) is 7.89. The number of rotatable bonds is 6. The number of amides is 1. The van der Waals surface area contributed by atoms with Crippen molar-refractivity contribution in [2.24, 2.45) is 0 Å². The van der Waals surface area contributed by atoms with Crippen molar-refractivity contribution in [3.8, 4) is 11.5 Å². The third kappa shape index (κ3) is 4.50. The Morgan fingerprint density at radius 1 is 0.944 bits per heavy atom.